The SMILES string of the molecule is [C-]#[N+]c1ccc(N2CCN(C(=O)Nc3ccc(O[Si](C)(C)C(C)(C)C)cn3)CC2)cc1. The van der Waals surface area contributed by atoms with E-state index >= 15 is 0 Å². The quantitative estimate of drug-likeness (QED) is 0.516. The minimum absolute atomic E-state index is 0.112. The zero-order chi connectivity index (χ0) is 22.6. The molecule has 0 unspecified atom stereocenters. The summed E-state index contributed by atoms with van der Waals surface area (Å²) in [7, 11) is -1.92. The van der Waals surface area contributed by atoms with Crippen LogP contribution < -0.4 is 14.6 Å². The third-order valence-electron chi connectivity index (χ3n) is 6.06. The smallest absolute Gasteiger partial charge is 0.323 e. The van der Waals surface area contributed by atoms with Gasteiger partial charge < -0.3 is 14.2 Å². The Hall–Kier alpha value is -3.05. The predicted molar refractivity (Wildman–Crippen MR) is 128 cm³/mol. The minimum atomic E-state index is -1.92. The van der Waals surface area contributed by atoms with E-state index in [1.807, 2.05) is 30.3 Å². The predicted octanol–water partition coefficient (Wildman–Crippen LogP) is 5.37. The number of urea groups is 1. The van der Waals surface area contributed by atoms with Gasteiger partial charge in [0.05, 0.1) is 12.8 Å². The highest BCUT2D eigenvalue weighted by molar-refractivity contribution is 6.74. The molecular formula is C23H31N5O2Si. The molecule has 1 fully saturated rings. The molecule has 1 aliphatic rings. The summed E-state index contributed by atoms with van der Waals surface area (Å²) in [6.45, 7) is 20.8. The molecule has 0 radical (unpaired) electrons. The molecule has 0 atom stereocenters. The van der Waals surface area contributed by atoms with E-state index in [-0.39, 0.29) is 11.1 Å². The molecule has 2 amide bonds. The fourth-order valence-electron chi connectivity index (χ4n) is 3.06. The number of piperazine rings is 1. The van der Waals surface area contributed by atoms with Crippen molar-refractivity contribution < 1.29 is 9.22 Å². The van der Waals surface area contributed by atoms with Gasteiger partial charge in [0.15, 0.2) is 5.69 Å². The van der Waals surface area contributed by atoms with E-state index in [4.69, 9.17) is 11.0 Å². The number of amides is 2. The molecule has 1 N–H and O–H groups in total. The van der Waals surface area contributed by atoms with Crippen molar-refractivity contribution in [2.45, 2.75) is 38.9 Å². The molecule has 31 heavy (non-hydrogen) atoms. The van der Waals surface area contributed by atoms with Gasteiger partial charge in [-0.05, 0) is 42.4 Å². The van der Waals surface area contributed by atoms with Crippen LogP contribution in [0.2, 0.25) is 18.1 Å². The topological polar surface area (TPSA) is 62.1 Å². The molecule has 1 saturated heterocycles. The van der Waals surface area contributed by atoms with Gasteiger partial charge in [-0.3, -0.25) is 5.32 Å². The highest BCUT2D eigenvalue weighted by Crippen LogP contribution is 2.37. The molecule has 0 bridgehead atoms. The second-order valence-electron chi connectivity index (χ2n) is 9.27. The molecule has 1 aromatic carbocycles. The lowest BCUT2D eigenvalue weighted by atomic mass is 10.2. The zero-order valence-electron chi connectivity index (χ0n) is 19.0. The third-order valence-corrected chi connectivity index (χ3v) is 10.4. The molecule has 0 spiro atoms. The average Bonchev–Trinajstić information content (AvgIpc) is 2.74. The Kier molecular flexibility index (Phi) is 6.55. The molecule has 2 heterocycles. The van der Waals surface area contributed by atoms with E-state index in [1.54, 1.807) is 17.2 Å². The Labute approximate surface area is 186 Å². The van der Waals surface area contributed by atoms with Crippen molar-refractivity contribution in [3.8, 4) is 5.75 Å². The fourth-order valence-corrected chi connectivity index (χ4v) is 4.07. The fraction of sp³-hybridized carbons (Fsp3) is 0.435. The molecule has 2 aromatic rings. The first-order valence-electron chi connectivity index (χ1n) is 10.5. The van der Waals surface area contributed by atoms with Crippen molar-refractivity contribution in [2.24, 2.45) is 0 Å². The number of nitrogens with one attached hydrogen (secondary N) is 1. The van der Waals surface area contributed by atoms with Crippen molar-refractivity contribution in [3.63, 3.8) is 0 Å². The maximum absolute atomic E-state index is 12.6. The summed E-state index contributed by atoms with van der Waals surface area (Å²) >= 11 is 0. The van der Waals surface area contributed by atoms with Crippen LogP contribution in [0.5, 0.6) is 5.75 Å². The maximum Gasteiger partial charge on any atom is 0.323 e. The summed E-state index contributed by atoms with van der Waals surface area (Å²) in [5, 5.41) is 2.99. The van der Waals surface area contributed by atoms with Gasteiger partial charge in [0.25, 0.3) is 8.32 Å². The first-order chi connectivity index (χ1) is 14.6. The molecule has 7 nitrogen and oxygen atoms in total. The summed E-state index contributed by atoms with van der Waals surface area (Å²) in [6, 6.07) is 11.1. The van der Waals surface area contributed by atoms with Crippen LogP contribution in [0.1, 0.15) is 20.8 Å². The van der Waals surface area contributed by atoms with Gasteiger partial charge in [-0.2, -0.15) is 0 Å². The van der Waals surface area contributed by atoms with E-state index in [1.165, 1.54) is 0 Å². The monoisotopic (exact) mass is 437 g/mol. The number of rotatable bonds is 4. The molecule has 1 aromatic heterocycles. The number of hydrogen-bond acceptors (Lipinski definition) is 4. The third kappa shape index (κ3) is 5.55. The highest BCUT2D eigenvalue weighted by atomic mass is 28.4. The Morgan fingerprint density at radius 2 is 1.74 bits per heavy atom. The van der Waals surface area contributed by atoms with Crippen molar-refractivity contribution >= 4 is 31.5 Å². The number of carbonyl (C=O) groups excluding carboxylic acids is 1. The van der Waals surface area contributed by atoms with E-state index in [9.17, 15) is 4.79 Å². The van der Waals surface area contributed by atoms with Crippen LogP contribution >= 0.6 is 0 Å². The van der Waals surface area contributed by atoms with Gasteiger partial charge in [-0.25, -0.2) is 14.6 Å². The molecular weight excluding hydrogens is 406 g/mol. The Balaban J connectivity index is 1.52. The van der Waals surface area contributed by atoms with Crippen LogP contribution in [0, 0.1) is 6.57 Å². The van der Waals surface area contributed by atoms with Gasteiger partial charge in [-0.1, -0.05) is 32.9 Å². The van der Waals surface area contributed by atoms with Crippen molar-refractivity contribution in [1.29, 1.82) is 0 Å². The first-order valence-corrected chi connectivity index (χ1v) is 13.4. The maximum atomic E-state index is 12.6. The average molecular weight is 438 g/mol. The number of anilines is 2. The van der Waals surface area contributed by atoms with Crippen LogP contribution in [0.15, 0.2) is 42.6 Å². The molecule has 164 valence electrons. The number of nitrogens with zero attached hydrogens (tertiary/aromatic N) is 4. The summed E-state index contributed by atoms with van der Waals surface area (Å²) in [6.07, 6.45) is 1.68. The van der Waals surface area contributed by atoms with E-state index in [2.05, 4.69) is 53.9 Å². The molecule has 0 aliphatic carbocycles. The molecule has 3 rings (SSSR count). The lowest BCUT2D eigenvalue weighted by Gasteiger charge is -2.36. The Morgan fingerprint density at radius 3 is 2.26 bits per heavy atom. The Bertz CT molecular complexity index is 938. The number of pyridine rings is 1. The highest BCUT2D eigenvalue weighted by Gasteiger charge is 2.39. The first kappa shape index (κ1) is 22.6. The van der Waals surface area contributed by atoms with Gasteiger partial charge in [-0.15, -0.1) is 0 Å². The molecule has 1 aliphatic heterocycles. The summed E-state index contributed by atoms with van der Waals surface area (Å²) in [5.74, 6) is 1.26. The molecule has 0 saturated carbocycles. The van der Waals surface area contributed by atoms with Crippen molar-refractivity contribution in [1.82, 2.24) is 9.88 Å². The standard InChI is InChI=1S/C23H31N5O2Si/c1-23(2,3)31(5,6)30-20-11-12-21(25-17-20)26-22(29)28-15-13-27(14-16-28)19-9-7-18(24-4)8-10-19/h7-12,17H,13-16H2,1-3,5-6H3,(H,25,26,29). The second-order valence-corrected chi connectivity index (χ2v) is 14.0. The van der Waals surface area contributed by atoms with E-state index in [0.717, 1.165) is 24.5 Å². The zero-order valence-corrected chi connectivity index (χ0v) is 20.0. The van der Waals surface area contributed by atoms with Crippen molar-refractivity contribution in [2.75, 3.05) is 36.4 Å². The lowest BCUT2D eigenvalue weighted by molar-refractivity contribution is 0.208. The number of hydrogen-bond donors (Lipinski definition) is 1. The van der Waals surface area contributed by atoms with Crippen LogP contribution in [0.25, 0.3) is 4.85 Å². The van der Waals surface area contributed by atoms with Gasteiger partial charge in [0.2, 0.25) is 0 Å². The minimum Gasteiger partial charge on any atom is -0.542 e. The second kappa shape index (κ2) is 8.98. The van der Waals surface area contributed by atoms with Crippen LogP contribution in [-0.4, -0.2) is 50.4 Å². The lowest BCUT2D eigenvalue weighted by Crippen LogP contribution is -2.50. The van der Waals surface area contributed by atoms with Crippen molar-refractivity contribution in [3.05, 3.63) is 54.0 Å². The number of carbonyl (C=O) groups is 1. The summed E-state index contributed by atoms with van der Waals surface area (Å²) in [5.41, 5.74) is 1.71. The summed E-state index contributed by atoms with van der Waals surface area (Å²) < 4.78 is 6.24. The van der Waals surface area contributed by atoms with E-state index < -0.39 is 8.32 Å². The van der Waals surface area contributed by atoms with Crippen LogP contribution in [0.3, 0.4) is 0 Å². The van der Waals surface area contributed by atoms with Gasteiger partial charge in [0.1, 0.15) is 11.6 Å². The van der Waals surface area contributed by atoms with Gasteiger partial charge in [0, 0.05) is 31.9 Å². The number of aromatic nitrogens is 1. The Morgan fingerprint density at radius 1 is 1.10 bits per heavy atom. The molecule has 8 heteroatoms. The largest absolute Gasteiger partial charge is 0.542 e. The van der Waals surface area contributed by atoms with Crippen LogP contribution in [0.4, 0.5) is 22.0 Å². The van der Waals surface area contributed by atoms with E-state index in [0.29, 0.717) is 24.6 Å². The van der Waals surface area contributed by atoms with Gasteiger partial charge >= 0.3 is 6.03 Å². The number of benzene rings is 1. The van der Waals surface area contributed by atoms with Crippen LogP contribution in [-0.2, 0) is 0 Å². The summed E-state index contributed by atoms with van der Waals surface area (Å²) in [4.78, 5) is 24.4. The normalized spacial score (nSPS) is 14.7.